The van der Waals surface area contributed by atoms with Gasteiger partial charge in [-0.3, -0.25) is 0 Å². The zero-order valence-corrected chi connectivity index (χ0v) is 11.4. The lowest BCUT2D eigenvalue weighted by Crippen LogP contribution is -2.65. The molecule has 0 aliphatic heterocycles. The van der Waals surface area contributed by atoms with E-state index in [1.54, 1.807) is 0 Å². The van der Waals surface area contributed by atoms with Crippen molar-refractivity contribution in [2.45, 2.75) is 29.8 Å². The average molecular weight is 340 g/mol. The Hall–Kier alpha value is -1.34. The molecule has 21 heavy (non-hydrogen) atoms. The molecule has 0 bridgehead atoms. The van der Waals surface area contributed by atoms with Crippen LogP contribution in [0.25, 0.3) is 0 Å². The fourth-order valence-electron chi connectivity index (χ4n) is 1.15. The zero-order valence-electron chi connectivity index (χ0n) is 10.6. The largest absolute Gasteiger partial charge is 0.429 e. The van der Waals surface area contributed by atoms with E-state index in [0.717, 1.165) is 10.9 Å². The minimum Gasteiger partial charge on any atom is -0.339 e. The quantitative estimate of drug-likeness (QED) is 0.386. The molecule has 0 aliphatic carbocycles. The van der Waals surface area contributed by atoms with Crippen molar-refractivity contribution in [2.75, 3.05) is 0 Å². The van der Waals surface area contributed by atoms with E-state index in [1.165, 1.54) is 7.05 Å². The molecule has 122 valence electrons. The summed E-state index contributed by atoms with van der Waals surface area (Å²) in [6.07, 6.45) is -4.44. The molecule has 1 rings (SSSR count). The van der Waals surface area contributed by atoms with Gasteiger partial charge < -0.3 is 4.57 Å². The van der Waals surface area contributed by atoms with Crippen LogP contribution in [0.15, 0.2) is 17.6 Å². The van der Waals surface area contributed by atoms with Crippen LogP contribution in [0.5, 0.6) is 0 Å². The first-order chi connectivity index (χ1) is 9.15. The lowest BCUT2D eigenvalue weighted by molar-refractivity contribution is -0.322. The van der Waals surface area contributed by atoms with E-state index in [-0.39, 0.29) is 0 Å². The Labute approximate surface area is 115 Å². The summed E-state index contributed by atoms with van der Waals surface area (Å²) >= 11 is 0. The third-order valence-corrected chi connectivity index (χ3v) is 4.07. The normalized spacial score (nSPS) is 17.0. The Kier molecular flexibility index (Phi) is 4.09. The van der Waals surface area contributed by atoms with Crippen LogP contribution in [0.2, 0.25) is 0 Å². The minimum absolute atomic E-state index is 0.513. The van der Waals surface area contributed by atoms with Crippen molar-refractivity contribution in [3.63, 3.8) is 0 Å². The first-order valence-electron chi connectivity index (χ1n) is 5.07. The molecule has 1 unspecified atom stereocenters. The molecule has 0 spiro atoms. The maximum Gasteiger partial charge on any atom is 0.429 e. The average Bonchev–Trinajstić information content (AvgIpc) is 2.73. The van der Waals surface area contributed by atoms with Gasteiger partial charge in [0.1, 0.15) is 0 Å². The van der Waals surface area contributed by atoms with Gasteiger partial charge in [0.05, 0.1) is 6.33 Å². The van der Waals surface area contributed by atoms with Crippen molar-refractivity contribution in [2.24, 2.45) is 12.9 Å². The predicted molar refractivity (Wildman–Crippen MR) is 56.9 cm³/mol. The number of hydrogen-bond donors (Lipinski definition) is 1. The number of alkyl halides is 6. The van der Waals surface area contributed by atoms with E-state index in [9.17, 15) is 34.8 Å². The summed E-state index contributed by atoms with van der Waals surface area (Å²) in [5.41, 5.74) is -5.20. The van der Waals surface area contributed by atoms with Crippen molar-refractivity contribution in [1.29, 1.82) is 0 Å². The second-order valence-corrected chi connectivity index (χ2v) is 5.98. The SMILES string of the molecule is Cn1cnc(S(=O)(=O)N(N)C(F)(F)C(C)(F)C(F)(F)F)c1. The number of nitrogens with two attached hydrogens (primary N) is 1. The van der Waals surface area contributed by atoms with E-state index in [1.807, 2.05) is 0 Å². The van der Waals surface area contributed by atoms with E-state index in [0.29, 0.717) is 6.20 Å². The van der Waals surface area contributed by atoms with Crippen molar-refractivity contribution in [3.8, 4) is 0 Å². The second kappa shape index (κ2) is 4.84. The molecule has 13 heteroatoms. The first kappa shape index (κ1) is 17.7. The lowest BCUT2D eigenvalue weighted by Gasteiger charge is -2.35. The first-order valence-corrected chi connectivity index (χ1v) is 6.51. The Morgan fingerprint density at radius 2 is 1.71 bits per heavy atom. The molecule has 6 nitrogen and oxygen atoms in total. The topological polar surface area (TPSA) is 81.2 Å². The maximum absolute atomic E-state index is 13.6. The van der Waals surface area contributed by atoms with Crippen LogP contribution in [0.1, 0.15) is 6.92 Å². The number of hydrazine groups is 1. The van der Waals surface area contributed by atoms with Crippen molar-refractivity contribution in [1.82, 2.24) is 14.0 Å². The molecule has 1 aromatic rings. The zero-order chi connectivity index (χ0) is 16.9. The molecule has 1 heterocycles. The second-order valence-electron chi connectivity index (χ2n) is 4.22. The maximum atomic E-state index is 13.6. The molecule has 0 saturated carbocycles. The molecule has 1 aromatic heterocycles. The summed E-state index contributed by atoms with van der Waals surface area (Å²) in [4.78, 5) is 3.18. The van der Waals surface area contributed by atoms with Gasteiger partial charge in [-0.2, -0.15) is 22.0 Å². The number of rotatable bonds is 4. The highest BCUT2D eigenvalue weighted by atomic mass is 32.2. The van der Waals surface area contributed by atoms with Gasteiger partial charge in [-0.05, 0) is 6.92 Å². The Bertz CT molecular complexity index is 623. The molecule has 0 amide bonds. The van der Waals surface area contributed by atoms with Gasteiger partial charge in [0.25, 0.3) is 15.7 Å². The standard InChI is InChI=1S/C8H10F6N4O2S/c1-6(9,7(10,11)12)8(13,14)18(15)21(19,20)5-3-17(2)4-16-5/h3-4H,15H2,1-2H3. The summed E-state index contributed by atoms with van der Waals surface area (Å²) in [7, 11) is -4.05. The number of aryl methyl sites for hydroxylation is 1. The van der Waals surface area contributed by atoms with Crippen LogP contribution in [0.4, 0.5) is 26.3 Å². The van der Waals surface area contributed by atoms with Crippen molar-refractivity contribution < 1.29 is 34.8 Å². The minimum atomic E-state index is -6.05. The number of nitrogens with zero attached hydrogens (tertiary/aromatic N) is 3. The molecule has 0 saturated heterocycles. The Balaban J connectivity index is 3.32. The van der Waals surface area contributed by atoms with Crippen LogP contribution in [0.3, 0.4) is 0 Å². The predicted octanol–water partition coefficient (Wildman–Crippen LogP) is 1.17. The summed E-state index contributed by atoms with van der Waals surface area (Å²) in [5, 5.41) is -1.05. The molecular formula is C8H10F6N4O2S. The molecule has 2 N–H and O–H groups in total. The highest BCUT2D eigenvalue weighted by Crippen LogP contribution is 2.46. The molecule has 0 fully saturated rings. The molecular weight excluding hydrogens is 330 g/mol. The fraction of sp³-hybridized carbons (Fsp3) is 0.625. The van der Waals surface area contributed by atoms with Gasteiger partial charge in [-0.1, -0.05) is 4.41 Å². The van der Waals surface area contributed by atoms with Crippen molar-refractivity contribution in [3.05, 3.63) is 12.5 Å². The summed E-state index contributed by atoms with van der Waals surface area (Å²) in [5.74, 6) is 4.56. The van der Waals surface area contributed by atoms with Crippen LogP contribution in [0, 0.1) is 0 Å². The molecule has 0 aromatic carbocycles. The van der Waals surface area contributed by atoms with Gasteiger partial charge in [0, 0.05) is 13.2 Å². The summed E-state index contributed by atoms with van der Waals surface area (Å²) in [6.45, 7) is -0.513. The lowest BCUT2D eigenvalue weighted by atomic mass is 10.1. The van der Waals surface area contributed by atoms with Gasteiger partial charge in [0.2, 0.25) is 0 Å². The molecule has 0 radical (unpaired) electrons. The van der Waals surface area contributed by atoms with E-state index >= 15 is 0 Å². The Morgan fingerprint density at radius 1 is 1.24 bits per heavy atom. The number of aromatic nitrogens is 2. The van der Waals surface area contributed by atoms with Crippen LogP contribution in [-0.2, 0) is 17.1 Å². The van der Waals surface area contributed by atoms with E-state index in [4.69, 9.17) is 0 Å². The Morgan fingerprint density at radius 3 is 2.05 bits per heavy atom. The van der Waals surface area contributed by atoms with Gasteiger partial charge in [-0.25, -0.2) is 23.6 Å². The highest BCUT2D eigenvalue weighted by molar-refractivity contribution is 7.89. The van der Waals surface area contributed by atoms with Crippen LogP contribution >= 0.6 is 0 Å². The number of sulfonamides is 1. The number of halogens is 6. The molecule has 1 atom stereocenters. The monoisotopic (exact) mass is 340 g/mol. The number of imidazole rings is 1. The number of hydrogen-bond acceptors (Lipinski definition) is 4. The van der Waals surface area contributed by atoms with Crippen LogP contribution < -0.4 is 5.84 Å². The van der Waals surface area contributed by atoms with Crippen molar-refractivity contribution >= 4 is 10.0 Å². The van der Waals surface area contributed by atoms with E-state index < -0.39 is 44.3 Å². The van der Waals surface area contributed by atoms with Gasteiger partial charge in [-0.15, -0.1) is 0 Å². The van der Waals surface area contributed by atoms with Gasteiger partial charge >= 0.3 is 12.2 Å². The van der Waals surface area contributed by atoms with E-state index in [2.05, 4.69) is 10.8 Å². The van der Waals surface area contributed by atoms with Crippen LogP contribution in [-0.4, -0.2) is 40.3 Å². The summed E-state index contributed by atoms with van der Waals surface area (Å²) in [6, 6.07) is -5.58. The fourth-order valence-corrected chi connectivity index (χ4v) is 2.31. The third kappa shape index (κ3) is 2.72. The highest BCUT2D eigenvalue weighted by Gasteiger charge is 2.72. The smallest absolute Gasteiger partial charge is 0.339 e. The molecule has 0 aliphatic rings. The van der Waals surface area contributed by atoms with Gasteiger partial charge in [0.15, 0.2) is 5.03 Å². The summed E-state index contributed by atoms with van der Waals surface area (Å²) < 4.78 is 100. The third-order valence-electron chi connectivity index (χ3n) is 2.58.